The second-order valence-electron chi connectivity index (χ2n) is 5.11. The molecule has 0 saturated heterocycles. The maximum atomic E-state index is 11.3. The SMILES string of the molecule is CC(C)(C)OC(=O)N(O)CC1(C(=O)[O-])CC1.[Na+]. The first-order valence-corrected chi connectivity index (χ1v) is 5.07. The molecule has 0 aromatic heterocycles. The molecule has 0 radical (unpaired) electrons. The van der Waals surface area contributed by atoms with Crippen molar-refractivity contribution in [1.82, 2.24) is 5.06 Å². The van der Waals surface area contributed by atoms with E-state index in [0.29, 0.717) is 17.9 Å². The summed E-state index contributed by atoms with van der Waals surface area (Å²) in [4.78, 5) is 22.1. The predicted octanol–water partition coefficient (Wildman–Crippen LogP) is -2.85. The summed E-state index contributed by atoms with van der Waals surface area (Å²) in [7, 11) is 0. The Hall–Kier alpha value is -0.300. The smallest absolute Gasteiger partial charge is 0.549 e. The summed E-state index contributed by atoms with van der Waals surface area (Å²) < 4.78 is 4.88. The van der Waals surface area contributed by atoms with Gasteiger partial charge < -0.3 is 14.6 Å². The van der Waals surface area contributed by atoms with Crippen LogP contribution in [0.3, 0.4) is 0 Å². The molecule has 1 aliphatic carbocycles. The molecule has 17 heavy (non-hydrogen) atoms. The van der Waals surface area contributed by atoms with E-state index in [4.69, 9.17) is 4.74 Å². The van der Waals surface area contributed by atoms with Gasteiger partial charge in [0.2, 0.25) is 0 Å². The Bertz CT molecular complexity index is 308. The average molecular weight is 253 g/mol. The molecule has 7 heteroatoms. The number of nitrogens with zero attached hydrogens (tertiary/aromatic N) is 1. The minimum Gasteiger partial charge on any atom is -0.549 e. The third-order valence-electron chi connectivity index (χ3n) is 2.34. The van der Waals surface area contributed by atoms with Crippen LogP contribution in [0, 0.1) is 5.41 Å². The maximum absolute atomic E-state index is 11.3. The first-order valence-electron chi connectivity index (χ1n) is 5.07. The van der Waals surface area contributed by atoms with Gasteiger partial charge in [-0.2, -0.15) is 5.06 Å². The molecule has 0 unspecified atom stereocenters. The van der Waals surface area contributed by atoms with Crippen LogP contribution in [0.15, 0.2) is 0 Å². The van der Waals surface area contributed by atoms with E-state index in [1.807, 2.05) is 0 Å². The fourth-order valence-corrected chi connectivity index (χ4v) is 1.24. The number of carbonyl (C=O) groups is 2. The standard InChI is InChI=1S/C10H17NO5.Na/c1-9(2,3)16-8(14)11(15)6-10(4-5-10)7(12)13;/h15H,4-6H2,1-3H3,(H,12,13);/q;+1/p-1. The van der Waals surface area contributed by atoms with Crippen LogP contribution in [-0.2, 0) is 9.53 Å². The largest absolute Gasteiger partial charge is 1.00 e. The van der Waals surface area contributed by atoms with Gasteiger partial charge in [-0.05, 0) is 33.6 Å². The number of hydroxylamine groups is 2. The minimum atomic E-state index is -1.24. The molecule has 0 aliphatic heterocycles. The van der Waals surface area contributed by atoms with Crippen molar-refractivity contribution < 1.29 is 54.2 Å². The molecule has 6 nitrogen and oxygen atoms in total. The Kier molecular flexibility index (Phi) is 5.46. The molecule has 1 N–H and O–H groups in total. The van der Waals surface area contributed by atoms with Crippen molar-refractivity contribution in [3.63, 3.8) is 0 Å². The summed E-state index contributed by atoms with van der Waals surface area (Å²) in [6, 6.07) is 0. The zero-order valence-electron chi connectivity index (χ0n) is 10.6. The Morgan fingerprint density at radius 2 is 1.88 bits per heavy atom. The summed E-state index contributed by atoms with van der Waals surface area (Å²) >= 11 is 0. The third-order valence-corrected chi connectivity index (χ3v) is 2.34. The summed E-state index contributed by atoms with van der Waals surface area (Å²) in [5.41, 5.74) is -1.82. The Balaban J connectivity index is 0.00000256. The minimum absolute atomic E-state index is 0. The van der Waals surface area contributed by atoms with Crippen molar-refractivity contribution in [2.75, 3.05) is 6.54 Å². The van der Waals surface area contributed by atoms with Crippen molar-refractivity contribution in [2.45, 2.75) is 39.2 Å². The van der Waals surface area contributed by atoms with Gasteiger partial charge in [0, 0.05) is 11.4 Å². The van der Waals surface area contributed by atoms with Gasteiger partial charge in [-0.1, -0.05) is 0 Å². The van der Waals surface area contributed by atoms with Crippen LogP contribution >= 0.6 is 0 Å². The van der Waals surface area contributed by atoms with Crippen LogP contribution in [0.2, 0.25) is 0 Å². The van der Waals surface area contributed by atoms with Gasteiger partial charge >= 0.3 is 35.7 Å². The number of amides is 1. The van der Waals surface area contributed by atoms with Gasteiger partial charge in [0.05, 0.1) is 6.54 Å². The van der Waals surface area contributed by atoms with Crippen LogP contribution in [0.5, 0.6) is 0 Å². The average Bonchev–Trinajstić information content (AvgIpc) is 2.82. The Labute approximate surface area is 122 Å². The third kappa shape index (κ3) is 4.83. The Morgan fingerprint density at radius 1 is 1.41 bits per heavy atom. The van der Waals surface area contributed by atoms with Gasteiger partial charge in [-0.3, -0.25) is 5.21 Å². The van der Waals surface area contributed by atoms with Crippen molar-refractivity contribution in [3.05, 3.63) is 0 Å². The fourth-order valence-electron chi connectivity index (χ4n) is 1.24. The quantitative estimate of drug-likeness (QED) is 0.332. The zero-order chi connectivity index (χ0) is 12.6. The molecule has 0 spiro atoms. The molecular formula is C10H16NNaO5. The van der Waals surface area contributed by atoms with Crippen molar-refractivity contribution >= 4 is 12.1 Å². The number of carboxylic acids is 1. The van der Waals surface area contributed by atoms with E-state index in [-0.39, 0.29) is 36.1 Å². The van der Waals surface area contributed by atoms with E-state index in [0.717, 1.165) is 0 Å². The number of hydrogen-bond donors (Lipinski definition) is 1. The van der Waals surface area contributed by atoms with E-state index >= 15 is 0 Å². The number of ether oxygens (including phenoxy) is 1. The molecule has 0 bridgehead atoms. The predicted molar refractivity (Wildman–Crippen MR) is 51.4 cm³/mol. The van der Waals surface area contributed by atoms with E-state index in [2.05, 4.69) is 0 Å². The van der Waals surface area contributed by atoms with Gasteiger partial charge in [0.25, 0.3) is 0 Å². The van der Waals surface area contributed by atoms with E-state index in [1.165, 1.54) is 0 Å². The summed E-state index contributed by atoms with van der Waals surface area (Å²) in [5.74, 6) is -1.24. The zero-order valence-corrected chi connectivity index (χ0v) is 12.6. The molecule has 0 heterocycles. The van der Waals surface area contributed by atoms with Crippen LogP contribution in [0.1, 0.15) is 33.6 Å². The topological polar surface area (TPSA) is 89.9 Å². The van der Waals surface area contributed by atoms with Crippen LogP contribution < -0.4 is 34.7 Å². The number of hydrogen-bond acceptors (Lipinski definition) is 5. The maximum Gasteiger partial charge on any atom is 1.00 e. The number of carbonyl (C=O) groups excluding carboxylic acids is 2. The fraction of sp³-hybridized carbons (Fsp3) is 0.800. The summed E-state index contributed by atoms with van der Waals surface area (Å²) in [6.07, 6.45) is -0.121. The number of rotatable bonds is 3. The normalized spacial score (nSPS) is 16.7. The molecule has 0 aromatic rings. The van der Waals surface area contributed by atoms with Gasteiger partial charge in [-0.25, -0.2) is 4.79 Å². The van der Waals surface area contributed by atoms with Crippen LogP contribution in [-0.4, -0.2) is 34.5 Å². The first kappa shape index (κ1) is 16.7. The molecule has 1 aliphatic rings. The first-order chi connectivity index (χ1) is 7.16. The molecule has 1 fully saturated rings. The molecule has 1 amide bonds. The molecule has 1 saturated carbocycles. The molecule has 1 rings (SSSR count). The second-order valence-corrected chi connectivity index (χ2v) is 5.11. The summed E-state index contributed by atoms with van der Waals surface area (Å²) in [6.45, 7) is 4.68. The molecular weight excluding hydrogens is 237 g/mol. The van der Waals surface area contributed by atoms with E-state index in [9.17, 15) is 19.9 Å². The van der Waals surface area contributed by atoms with Gasteiger partial charge in [-0.15, -0.1) is 0 Å². The van der Waals surface area contributed by atoms with Crippen molar-refractivity contribution in [2.24, 2.45) is 5.41 Å². The molecule has 0 atom stereocenters. The van der Waals surface area contributed by atoms with Crippen molar-refractivity contribution in [1.29, 1.82) is 0 Å². The number of carboxylic acid groups (broad SMARTS) is 1. The van der Waals surface area contributed by atoms with Crippen LogP contribution in [0.4, 0.5) is 4.79 Å². The molecule has 0 aromatic carbocycles. The van der Waals surface area contributed by atoms with Crippen molar-refractivity contribution in [3.8, 4) is 0 Å². The second kappa shape index (κ2) is 5.56. The number of aliphatic carboxylic acids is 1. The van der Waals surface area contributed by atoms with E-state index < -0.39 is 23.1 Å². The molecule has 92 valence electrons. The van der Waals surface area contributed by atoms with Gasteiger partial charge in [0.1, 0.15) is 5.60 Å². The van der Waals surface area contributed by atoms with Gasteiger partial charge in [0.15, 0.2) is 0 Å². The monoisotopic (exact) mass is 253 g/mol. The van der Waals surface area contributed by atoms with Crippen LogP contribution in [0.25, 0.3) is 0 Å². The van der Waals surface area contributed by atoms with E-state index in [1.54, 1.807) is 20.8 Å². The Morgan fingerprint density at radius 3 is 2.18 bits per heavy atom. The summed E-state index contributed by atoms with van der Waals surface area (Å²) in [5, 5.41) is 20.4.